The minimum Gasteiger partial charge on any atom is -0.345 e. The molecular weight excluding hydrogens is 274 g/mol. The number of nitriles is 1. The molecule has 110 valence electrons. The van der Waals surface area contributed by atoms with Gasteiger partial charge in [0.25, 0.3) is 5.70 Å². The number of rotatable bonds is 4. The lowest BCUT2D eigenvalue weighted by Crippen LogP contribution is -2.02. The molecule has 0 radical (unpaired) electrons. The van der Waals surface area contributed by atoms with Gasteiger partial charge < -0.3 is 4.98 Å². The first-order valence-electron chi connectivity index (χ1n) is 7.59. The van der Waals surface area contributed by atoms with Gasteiger partial charge in [-0.3, -0.25) is 0 Å². The Morgan fingerprint density at radius 2 is 2.32 bits per heavy atom. The Morgan fingerprint density at radius 1 is 1.50 bits per heavy atom. The Hall–Kier alpha value is -2.66. The van der Waals surface area contributed by atoms with E-state index in [4.69, 9.17) is 16.8 Å². The van der Waals surface area contributed by atoms with Gasteiger partial charge in [-0.2, -0.15) is 0 Å². The SMILES string of the molecule is [C-]#[N+]/C(C#N)=C\Cc1c[nH]c2ncc(CC3CCCC3)nc12. The number of aromatic nitrogens is 3. The van der Waals surface area contributed by atoms with Crippen LogP contribution >= 0.6 is 0 Å². The molecule has 1 saturated carbocycles. The summed E-state index contributed by atoms with van der Waals surface area (Å²) in [6.45, 7) is 6.91. The summed E-state index contributed by atoms with van der Waals surface area (Å²) in [5.41, 5.74) is 3.75. The highest BCUT2D eigenvalue weighted by molar-refractivity contribution is 5.75. The monoisotopic (exact) mass is 291 g/mol. The van der Waals surface area contributed by atoms with Gasteiger partial charge in [-0.25, -0.2) is 20.1 Å². The first kappa shape index (κ1) is 14.3. The van der Waals surface area contributed by atoms with Gasteiger partial charge in [-0.05, 0) is 18.8 Å². The maximum Gasteiger partial charge on any atom is 0.258 e. The van der Waals surface area contributed by atoms with Crippen LogP contribution in [-0.4, -0.2) is 15.0 Å². The summed E-state index contributed by atoms with van der Waals surface area (Å²) < 4.78 is 0. The van der Waals surface area contributed by atoms with Crippen LogP contribution < -0.4 is 0 Å². The normalized spacial score (nSPS) is 15.8. The number of fused-ring (bicyclic) bond motifs is 1. The molecule has 0 saturated heterocycles. The zero-order valence-electron chi connectivity index (χ0n) is 12.3. The summed E-state index contributed by atoms with van der Waals surface area (Å²) in [5.74, 6) is 0.737. The average molecular weight is 291 g/mol. The van der Waals surface area contributed by atoms with Crippen LogP contribution in [0.5, 0.6) is 0 Å². The van der Waals surface area contributed by atoms with Gasteiger partial charge in [-0.15, -0.1) is 0 Å². The molecule has 0 aliphatic heterocycles. The van der Waals surface area contributed by atoms with Crippen molar-refractivity contribution in [3.63, 3.8) is 0 Å². The molecule has 1 fully saturated rings. The van der Waals surface area contributed by atoms with Crippen LogP contribution in [0.25, 0.3) is 16.0 Å². The topological polar surface area (TPSA) is 69.7 Å². The second kappa shape index (κ2) is 6.41. The van der Waals surface area contributed by atoms with Gasteiger partial charge in [0.1, 0.15) is 5.52 Å². The maximum absolute atomic E-state index is 8.80. The highest BCUT2D eigenvalue weighted by Gasteiger charge is 2.17. The van der Waals surface area contributed by atoms with Gasteiger partial charge in [0.2, 0.25) is 0 Å². The summed E-state index contributed by atoms with van der Waals surface area (Å²) in [6.07, 6.45) is 12.1. The third kappa shape index (κ3) is 2.99. The van der Waals surface area contributed by atoms with Crippen molar-refractivity contribution < 1.29 is 0 Å². The van der Waals surface area contributed by atoms with E-state index in [0.29, 0.717) is 6.42 Å². The van der Waals surface area contributed by atoms with Crippen molar-refractivity contribution in [3.05, 3.63) is 46.8 Å². The van der Waals surface area contributed by atoms with E-state index in [0.717, 1.165) is 34.8 Å². The molecule has 3 rings (SSSR count). The van der Waals surface area contributed by atoms with Crippen LogP contribution in [0, 0.1) is 23.8 Å². The first-order chi connectivity index (χ1) is 10.8. The lowest BCUT2D eigenvalue weighted by atomic mass is 10.0. The van der Waals surface area contributed by atoms with Crippen LogP contribution in [0.1, 0.15) is 36.9 Å². The lowest BCUT2D eigenvalue weighted by molar-refractivity contribution is 0.539. The number of nitrogens with one attached hydrogen (secondary N) is 1. The van der Waals surface area contributed by atoms with E-state index in [-0.39, 0.29) is 5.70 Å². The smallest absolute Gasteiger partial charge is 0.258 e. The van der Waals surface area contributed by atoms with E-state index in [1.54, 1.807) is 6.08 Å². The van der Waals surface area contributed by atoms with E-state index in [1.165, 1.54) is 25.7 Å². The molecule has 22 heavy (non-hydrogen) atoms. The van der Waals surface area contributed by atoms with Crippen molar-refractivity contribution >= 4 is 11.2 Å². The van der Waals surface area contributed by atoms with Crippen molar-refractivity contribution in [2.24, 2.45) is 5.92 Å². The van der Waals surface area contributed by atoms with E-state index in [9.17, 15) is 0 Å². The fourth-order valence-corrected chi connectivity index (χ4v) is 3.07. The predicted octanol–water partition coefficient (Wildman–Crippen LogP) is 3.56. The van der Waals surface area contributed by atoms with Crippen LogP contribution in [0.4, 0.5) is 0 Å². The van der Waals surface area contributed by atoms with Crippen LogP contribution in [-0.2, 0) is 12.8 Å². The fraction of sp³-hybridized carbons (Fsp3) is 0.412. The Balaban J connectivity index is 1.84. The van der Waals surface area contributed by atoms with Crippen LogP contribution in [0.3, 0.4) is 0 Å². The summed E-state index contributed by atoms with van der Waals surface area (Å²) in [7, 11) is 0. The third-order valence-electron chi connectivity index (χ3n) is 4.23. The van der Waals surface area contributed by atoms with Crippen molar-refractivity contribution in [1.29, 1.82) is 5.26 Å². The Labute approximate surface area is 129 Å². The van der Waals surface area contributed by atoms with Crippen molar-refractivity contribution in [1.82, 2.24) is 15.0 Å². The third-order valence-corrected chi connectivity index (χ3v) is 4.23. The van der Waals surface area contributed by atoms with Crippen molar-refractivity contribution in [2.45, 2.75) is 38.5 Å². The average Bonchev–Trinajstić information content (AvgIpc) is 3.18. The lowest BCUT2D eigenvalue weighted by Gasteiger charge is -2.07. The zero-order valence-corrected chi connectivity index (χ0v) is 12.3. The Kier molecular flexibility index (Phi) is 4.16. The zero-order chi connectivity index (χ0) is 15.4. The number of allylic oxidation sites excluding steroid dienone is 2. The second-order valence-electron chi connectivity index (χ2n) is 5.74. The van der Waals surface area contributed by atoms with Gasteiger partial charge >= 0.3 is 0 Å². The predicted molar refractivity (Wildman–Crippen MR) is 83.6 cm³/mol. The Morgan fingerprint density at radius 3 is 3.05 bits per heavy atom. The maximum atomic E-state index is 8.80. The summed E-state index contributed by atoms with van der Waals surface area (Å²) in [6, 6.07) is 1.88. The van der Waals surface area contributed by atoms with Gasteiger partial charge in [0.05, 0.1) is 24.5 Å². The first-order valence-corrected chi connectivity index (χ1v) is 7.59. The number of hydrogen-bond donors (Lipinski definition) is 1. The molecule has 0 amide bonds. The molecule has 5 heteroatoms. The molecule has 0 bridgehead atoms. The molecule has 1 aliphatic rings. The van der Waals surface area contributed by atoms with Crippen molar-refractivity contribution in [2.75, 3.05) is 0 Å². The molecular formula is C17H17N5. The minimum absolute atomic E-state index is 0.115. The van der Waals surface area contributed by atoms with E-state index >= 15 is 0 Å². The molecule has 0 unspecified atom stereocenters. The van der Waals surface area contributed by atoms with Crippen LogP contribution in [0.2, 0.25) is 0 Å². The van der Waals surface area contributed by atoms with E-state index < -0.39 is 0 Å². The summed E-state index contributed by atoms with van der Waals surface area (Å²) in [4.78, 5) is 15.5. The minimum atomic E-state index is 0.115. The van der Waals surface area contributed by atoms with Crippen molar-refractivity contribution in [3.8, 4) is 6.07 Å². The summed E-state index contributed by atoms with van der Waals surface area (Å²) in [5, 5.41) is 8.80. The number of aromatic amines is 1. The molecule has 2 aromatic rings. The van der Waals surface area contributed by atoms with Gasteiger partial charge in [-0.1, -0.05) is 31.8 Å². The molecule has 0 aromatic carbocycles. The molecule has 1 N–H and O–H groups in total. The molecule has 5 nitrogen and oxygen atoms in total. The highest BCUT2D eigenvalue weighted by atomic mass is 14.9. The number of hydrogen-bond acceptors (Lipinski definition) is 3. The number of nitrogens with zero attached hydrogens (tertiary/aromatic N) is 4. The molecule has 0 atom stereocenters. The molecule has 1 aliphatic carbocycles. The fourth-order valence-electron chi connectivity index (χ4n) is 3.07. The van der Waals surface area contributed by atoms with Crippen LogP contribution in [0.15, 0.2) is 24.2 Å². The Bertz CT molecular complexity index is 765. The van der Waals surface area contributed by atoms with E-state index in [2.05, 4.69) is 14.8 Å². The molecule has 2 heterocycles. The van der Waals surface area contributed by atoms with E-state index in [1.807, 2.05) is 18.5 Å². The second-order valence-corrected chi connectivity index (χ2v) is 5.74. The summed E-state index contributed by atoms with van der Waals surface area (Å²) >= 11 is 0. The molecule has 2 aromatic heterocycles. The molecule has 0 spiro atoms. The van der Waals surface area contributed by atoms with Gasteiger partial charge in [0, 0.05) is 11.8 Å². The number of H-pyrrole nitrogens is 1. The highest BCUT2D eigenvalue weighted by Crippen LogP contribution is 2.28. The quantitative estimate of drug-likeness (QED) is 0.691. The standard InChI is InChI=1S/C17H17N5/c1-19-14(9-18)7-6-13-10-20-17-16(13)22-15(11-21-17)8-12-4-2-3-5-12/h7,10-12H,2-6,8H2,(H,20,21)/b14-7-. The van der Waals surface area contributed by atoms with Gasteiger partial charge in [0.15, 0.2) is 5.65 Å². The largest absolute Gasteiger partial charge is 0.345 e.